The van der Waals surface area contributed by atoms with Crippen molar-refractivity contribution in [3.8, 4) is 0 Å². The normalized spacial score (nSPS) is 14.9. The van der Waals surface area contributed by atoms with E-state index in [1.165, 1.54) is 18.3 Å². The van der Waals surface area contributed by atoms with E-state index in [-0.39, 0.29) is 34.1 Å². The van der Waals surface area contributed by atoms with Crippen LogP contribution in [0.2, 0.25) is 0 Å². The Morgan fingerprint density at radius 3 is 2.48 bits per heavy atom. The van der Waals surface area contributed by atoms with Crippen LogP contribution in [0.4, 0.5) is 18.9 Å². The Morgan fingerprint density at radius 2 is 1.80 bits per heavy atom. The lowest BCUT2D eigenvalue weighted by atomic mass is 10.2. The second-order valence-electron chi connectivity index (χ2n) is 5.47. The number of anilines is 1. The molecule has 0 unspecified atom stereocenters. The molecule has 1 aliphatic heterocycles. The minimum absolute atomic E-state index is 0.0269. The first-order valence-corrected chi connectivity index (χ1v) is 8.63. The molecule has 1 aliphatic rings. The van der Waals surface area contributed by atoms with E-state index in [9.17, 15) is 18.0 Å². The van der Waals surface area contributed by atoms with Gasteiger partial charge in [0.15, 0.2) is 0 Å². The van der Waals surface area contributed by atoms with Crippen LogP contribution in [-0.4, -0.2) is 47.7 Å². The molecule has 1 saturated heterocycles. The topological polar surface area (TPSA) is 36.4 Å². The average Bonchev–Trinajstić information content (AvgIpc) is 2.62. The molecule has 2 heterocycles. The fourth-order valence-corrected chi connectivity index (χ4v) is 3.33. The van der Waals surface area contributed by atoms with Crippen molar-refractivity contribution >= 4 is 23.4 Å². The minimum atomic E-state index is -2.64. The number of hydrogen-bond acceptors (Lipinski definition) is 4. The highest BCUT2D eigenvalue weighted by atomic mass is 32.2. The number of benzene rings is 1. The summed E-state index contributed by atoms with van der Waals surface area (Å²) in [4.78, 5) is 20.0. The Morgan fingerprint density at radius 1 is 1.08 bits per heavy atom. The van der Waals surface area contributed by atoms with E-state index in [2.05, 4.69) is 4.98 Å². The number of rotatable bonds is 4. The third kappa shape index (κ3) is 4.07. The molecular weight excluding hydrogens is 351 g/mol. The zero-order valence-corrected chi connectivity index (χ0v) is 14.1. The maximum Gasteiger partial charge on any atom is 0.290 e. The van der Waals surface area contributed by atoms with Gasteiger partial charge in [-0.15, -0.1) is 0 Å². The zero-order valence-electron chi connectivity index (χ0n) is 13.2. The summed E-state index contributed by atoms with van der Waals surface area (Å²) in [6.45, 7) is 1.73. The van der Waals surface area contributed by atoms with Crippen LogP contribution in [0.15, 0.2) is 47.6 Å². The first kappa shape index (κ1) is 17.6. The lowest BCUT2D eigenvalue weighted by Gasteiger charge is -2.36. The molecular formula is C17H16F3N3OS. The molecule has 8 heteroatoms. The maximum atomic E-state index is 13.9. The molecule has 2 aromatic rings. The van der Waals surface area contributed by atoms with Crippen molar-refractivity contribution in [2.45, 2.75) is 10.8 Å². The molecule has 1 amide bonds. The van der Waals surface area contributed by atoms with Crippen LogP contribution in [0.3, 0.4) is 0 Å². The van der Waals surface area contributed by atoms with Crippen molar-refractivity contribution in [3.63, 3.8) is 0 Å². The van der Waals surface area contributed by atoms with Gasteiger partial charge in [0.1, 0.15) is 10.8 Å². The Balaban J connectivity index is 1.69. The number of pyridine rings is 1. The smallest absolute Gasteiger partial charge is 0.290 e. The first-order chi connectivity index (χ1) is 12.1. The van der Waals surface area contributed by atoms with E-state index in [4.69, 9.17) is 0 Å². The van der Waals surface area contributed by atoms with Gasteiger partial charge in [-0.1, -0.05) is 12.1 Å². The molecule has 1 fully saturated rings. The highest BCUT2D eigenvalue weighted by Crippen LogP contribution is 2.27. The van der Waals surface area contributed by atoms with Crippen LogP contribution in [0, 0.1) is 5.82 Å². The highest BCUT2D eigenvalue weighted by molar-refractivity contribution is 7.99. The molecule has 0 bridgehead atoms. The molecule has 0 spiro atoms. The Kier molecular flexibility index (Phi) is 5.47. The van der Waals surface area contributed by atoms with Gasteiger partial charge in [-0.05, 0) is 36.0 Å². The molecule has 0 aliphatic carbocycles. The summed E-state index contributed by atoms with van der Waals surface area (Å²) in [6, 6.07) is 9.55. The molecule has 132 valence electrons. The van der Waals surface area contributed by atoms with E-state index in [0.717, 1.165) is 0 Å². The number of nitrogens with zero attached hydrogens (tertiary/aromatic N) is 3. The van der Waals surface area contributed by atoms with E-state index in [0.29, 0.717) is 31.9 Å². The standard InChI is InChI=1S/C17H16F3N3OS/c18-13-5-1-2-6-14(13)22-8-10-23(11-9-22)16(24)12-4-3-7-21-15(12)25-17(19)20/h1-7,17H,8-11H2. The summed E-state index contributed by atoms with van der Waals surface area (Å²) in [5.74, 6) is -3.27. The van der Waals surface area contributed by atoms with Gasteiger partial charge in [0, 0.05) is 32.4 Å². The number of halogens is 3. The number of aromatic nitrogens is 1. The molecule has 0 N–H and O–H groups in total. The second-order valence-corrected chi connectivity index (χ2v) is 6.44. The van der Waals surface area contributed by atoms with Crippen LogP contribution in [0.1, 0.15) is 10.4 Å². The van der Waals surface area contributed by atoms with E-state index >= 15 is 0 Å². The van der Waals surface area contributed by atoms with Crippen molar-refractivity contribution < 1.29 is 18.0 Å². The van der Waals surface area contributed by atoms with E-state index < -0.39 is 5.76 Å². The van der Waals surface area contributed by atoms with Gasteiger partial charge in [-0.2, -0.15) is 8.78 Å². The summed E-state index contributed by atoms with van der Waals surface area (Å²) >= 11 is 0.265. The van der Waals surface area contributed by atoms with E-state index in [1.807, 2.05) is 4.90 Å². The molecule has 0 atom stereocenters. The van der Waals surface area contributed by atoms with Crippen LogP contribution in [0.5, 0.6) is 0 Å². The number of amides is 1. The molecule has 4 nitrogen and oxygen atoms in total. The largest absolute Gasteiger partial charge is 0.366 e. The SMILES string of the molecule is O=C(c1cccnc1SC(F)F)N1CCN(c2ccccc2F)CC1. The summed E-state index contributed by atoms with van der Waals surface area (Å²) < 4.78 is 39.1. The minimum Gasteiger partial charge on any atom is -0.366 e. The van der Waals surface area contributed by atoms with Crippen molar-refractivity contribution in [3.05, 3.63) is 54.0 Å². The predicted octanol–water partition coefficient (Wildman–Crippen LogP) is 3.50. The van der Waals surface area contributed by atoms with Crippen LogP contribution < -0.4 is 4.90 Å². The van der Waals surface area contributed by atoms with Gasteiger partial charge in [0.25, 0.3) is 11.7 Å². The highest BCUT2D eigenvalue weighted by Gasteiger charge is 2.26. The molecule has 25 heavy (non-hydrogen) atoms. The molecule has 1 aromatic carbocycles. The Bertz CT molecular complexity index is 751. The molecule has 0 saturated carbocycles. The van der Waals surface area contributed by atoms with Gasteiger partial charge in [0.05, 0.1) is 11.3 Å². The van der Waals surface area contributed by atoms with Gasteiger partial charge in [-0.3, -0.25) is 4.79 Å². The van der Waals surface area contributed by atoms with Gasteiger partial charge < -0.3 is 9.80 Å². The van der Waals surface area contributed by atoms with Crippen molar-refractivity contribution in [1.29, 1.82) is 0 Å². The molecule has 3 rings (SSSR count). The Hall–Kier alpha value is -2.22. The quantitative estimate of drug-likeness (QED) is 0.775. The monoisotopic (exact) mass is 367 g/mol. The number of carbonyl (C=O) groups is 1. The number of thioether (sulfide) groups is 1. The third-order valence-corrected chi connectivity index (χ3v) is 4.69. The Labute approximate surface area is 147 Å². The zero-order chi connectivity index (χ0) is 17.8. The summed E-state index contributed by atoms with van der Waals surface area (Å²) in [5, 5.41) is 0.0269. The molecule has 1 aromatic heterocycles. The summed E-state index contributed by atoms with van der Waals surface area (Å²) in [6.07, 6.45) is 1.39. The number of para-hydroxylation sites is 1. The van der Waals surface area contributed by atoms with Crippen LogP contribution in [-0.2, 0) is 0 Å². The van der Waals surface area contributed by atoms with Crippen molar-refractivity contribution in [1.82, 2.24) is 9.88 Å². The number of hydrogen-bond donors (Lipinski definition) is 0. The summed E-state index contributed by atoms with van der Waals surface area (Å²) in [7, 11) is 0. The number of piperazine rings is 1. The van der Waals surface area contributed by atoms with Crippen molar-refractivity contribution in [2.75, 3.05) is 31.1 Å². The predicted molar refractivity (Wildman–Crippen MR) is 90.6 cm³/mol. The van der Waals surface area contributed by atoms with E-state index in [1.54, 1.807) is 29.2 Å². The summed E-state index contributed by atoms with van der Waals surface area (Å²) in [5.41, 5.74) is 0.678. The fraction of sp³-hybridized carbons (Fsp3) is 0.294. The fourth-order valence-electron chi connectivity index (χ4n) is 2.76. The second kappa shape index (κ2) is 7.77. The number of alkyl halides is 2. The molecule has 0 radical (unpaired) electrons. The average molecular weight is 367 g/mol. The first-order valence-electron chi connectivity index (χ1n) is 7.75. The van der Waals surface area contributed by atoms with Gasteiger partial charge in [-0.25, -0.2) is 9.37 Å². The van der Waals surface area contributed by atoms with Crippen LogP contribution >= 0.6 is 11.8 Å². The maximum absolute atomic E-state index is 13.9. The lowest BCUT2D eigenvalue weighted by molar-refractivity contribution is 0.0742. The lowest BCUT2D eigenvalue weighted by Crippen LogP contribution is -2.49. The van der Waals surface area contributed by atoms with Gasteiger partial charge >= 0.3 is 0 Å². The number of carbonyl (C=O) groups excluding carboxylic acids is 1. The van der Waals surface area contributed by atoms with Gasteiger partial charge in [0.2, 0.25) is 0 Å². The van der Waals surface area contributed by atoms with Crippen molar-refractivity contribution in [2.24, 2.45) is 0 Å². The van der Waals surface area contributed by atoms with Crippen LogP contribution in [0.25, 0.3) is 0 Å². The third-order valence-electron chi connectivity index (χ3n) is 3.96.